The van der Waals surface area contributed by atoms with Gasteiger partial charge < -0.3 is 5.32 Å². The molecular weight excluding hydrogens is 170 g/mol. The largest absolute Gasteiger partial charge is 0.311 e. The van der Waals surface area contributed by atoms with E-state index in [1.165, 1.54) is 37.7 Å². The lowest BCUT2D eigenvalue weighted by Gasteiger charge is -2.15. The average molecular weight is 195 g/mol. The predicted molar refractivity (Wildman–Crippen MR) is 63.5 cm³/mol. The molecule has 0 radical (unpaired) electrons. The van der Waals surface area contributed by atoms with E-state index in [4.69, 9.17) is 0 Å². The lowest BCUT2D eigenvalue weighted by molar-refractivity contribution is 0.588. The fraction of sp³-hybridized carbons (Fsp3) is 0.846. The van der Waals surface area contributed by atoms with Crippen molar-refractivity contribution in [3.63, 3.8) is 0 Å². The van der Waals surface area contributed by atoms with Gasteiger partial charge in [0, 0.05) is 6.04 Å². The van der Waals surface area contributed by atoms with Crippen LogP contribution in [0, 0.1) is 5.92 Å². The van der Waals surface area contributed by atoms with Gasteiger partial charge in [0.05, 0.1) is 0 Å². The Kier molecular flexibility index (Phi) is 5.24. The SMILES string of the molecule is CCCNC(C)C(C)=CC1CCCC1. The maximum absolute atomic E-state index is 3.54. The normalized spacial score (nSPS) is 21.5. The van der Waals surface area contributed by atoms with E-state index >= 15 is 0 Å². The number of hydrogen-bond donors (Lipinski definition) is 1. The van der Waals surface area contributed by atoms with Crippen molar-refractivity contribution in [1.29, 1.82) is 0 Å². The summed E-state index contributed by atoms with van der Waals surface area (Å²) in [6.45, 7) is 7.90. The summed E-state index contributed by atoms with van der Waals surface area (Å²) in [6, 6.07) is 0.565. The molecule has 0 aromatic heterocycles. The van der Waals surface area contributed by atoms with E-state index in [9.17, 15) is 0 Å². The summed E-state index contributed by atoms with van der Waals surface area (Å²) in [5.41, 5.74) is 1.53. The molecule has 0 spiro atoms. The average Bonchev–Trinajstić information content (AvgIpc) is 2.66. The first-order chi connectivity index (χ1) is 6.74. The summed E-state index contributed by atoms with van der Waals surface area (Å²) in [7, 11) is 0. The molecule has 1 saturated carbocycles. The highest BCUT2D eigenvalue weighted by Crippen LogP contribution is 2.27. The van der Waals surface area contributed by atoms with E-state index in [1.807, 2.05) is 0 Å². The third-order valence-electron chi connectivity index (χ3n) is 3.28. The molecule has 0 heterocycles. The van der Waals surface area contributed by atoms with Gasteiger partial charge in [0.2, 0.25) is 0 Å². The summed E-state index contributed by atoms with van der Waals surface area (Å²) in [4.78, 5) is 0. The molecule has 0 saturated heterocycles. The number of rotatable bonds is 5. The van der Waals surface area contributed by atoms with Crippen LogP contribution in [0.4, 0.5) is 0 Å². The smallest absolute Gasteiger partial charge is 0.0248 e. The van der Waals surface area contributed by atoms with Gasteiger partial charge in [0.1, 0.15) is 0 Å². The van der Waals surface area contributed by atoms with Gasteiger partial charge in [0.15, 0.2) is 0 Å². The van der Waals surface area contributed by atoms with Crippen LogP contribution in [-0.4, -0.2) is 12.6 Å². The molecule has 0 bridgehead atoms. The summed E-state index contributed by atoms with van der Waals surface area (Å²) in [5, 5.41) is 3.54. The molecule has 1 heteroatoms. The second-order valence-corrected chi connectivity index (χ2v) is 4.63. The van der Waals surface area contributed by atoms with Crippen LogP contribution in [0.2, 0.25) is 0 Å². The van der Waals surface area contributed by atoms with Gasteiger partial charge in [0.25, 0.3) is 0 Å². The molecule has 1 nitrogen and oxygen atoms in total. The minimum Gasteiger partial charge on any atom is -0.311 e. The monoisotopic (exact) mass is 195 g/mol. The van der Waals surface area contributed by atoms with Crippen molar-refractivity contribution in [2.24, 2.45) is 5.92 Å². The zero-order valence-electron chi connectivity index (χ0n) is 9.97. The molecular formula is C13H25N. The molecule has 1 N–H and O–H groups in total. The highest BCUT2D eigenvalue weighted by Gasteiger charge is 2.13. The van der Waals surface area contributed by atoms with Crippen molar-refractivity contribution in [2.75, 3.05) is 6.54 Å². The second kappa shape index (κ2) is 6.23. The molecule has 1 aliphatic carbocycles. The predicted octanol–water partition coefficient (Wildman–Crippen LogP) is 3.51. The van der Waals surface area contributed by atoms with Gasteiger partial charge in [-0.3, -0.25) is 0 Å². The van der Waals surface area contributed by atoms with E-state index in [-0.39, 0.29) is 0 Å². The van der Waals surface area contributed by atoms with Crippen molar-refractivity contribution >= 4 is 0 Å². The summed E-state index contributed by atoms with van der Waals surface area (Å²) in [5.74, 6) is 0.876. The highest BCUT2D eigenvalue weighted by atomic mass is 14.9. The Morgan fingerprint density at radius 1 is 1.43 bits per heavy atom. The van der Waals surface area contributed by atoms with Crippen LogP contribution in [0.25, 0.3) is 0 Å². The molecule has 1 fully saturated rings. The van der Waals surface area contributed by atoms with Crippen molar-refractivity contribution in [3.05, 3.63) is 11.6 Å². The van der Waals surface area contributed by atoms with Crippen LogP contribution in [0.1, 0.15) is 52.9 Å². The van der Waals surface area contributed by atoms with Gasteiger partial charge in [-0.15, -0.1) is 0 Å². The second-order valence-electron chi connectivity index (χ2n) is 4.63. The first-order valence-corrected chi connectivity index (χ1v) is 6.15. The van der Waals surface area contributed by atoms with Gasteiger partial charge >= 0.3 is 0 Å². The molecule has 1 unspecified atom stereocenters. The standard InChI is InChI=1S/C13H25N/c1-4-9-14-12(3)11(2)10-13-7-5-6-8-13/h10,12-14H,4-9H2,1-3H3. The molecule has 14 heavy (non-hydrogen) atoms. The Bertz CT molecular complexity index is 178. The first kappa shape index (κ1) is 11.8. The van der Waals surface area contributed by atoms with Crippen LogP contribution in [0.15, 0.2) is 11.6 Å². The van der Waals surface area contributed by atoms with Crippen LogP contribution in [-0.2, 0) is 0 Å². The molecule has 82 valence electrons. The van der Waals surface area contributed by atoms with Crippen molar-refractivity contribution in [3.8, 4) is 0 Å². The molecule has 1 atom stereocenters. The van der Waals surface area contributed by atoms with Gasteiger partial charge in [-0.1, -0.05) is 31.4 Å². The lowest BCUT2D eigenvalue weighted by atomic mass is 10.0. The Morgan fingerprint density at radius 2 is 2.07 bits per heavy atom. The third kappa shape index (κ3) is 3.83. The zero-order chi connectivity index (χ0) is 10.4. The molecule has 0 amide bonds. The fourth-order valence-corrected chi connectivity index (χ4v) is 2.16. The lowest BCUT2D eigenvalue weighted by Crippen LogP contribution is -2.27. The van der Waals surface area contributed by atoms with E-state index in [1.54, 1.807) is 0 Å². The topological polar surface area (TPSA) is 12.0 Å². The van der Waals surface area contributed by atoms with Crippen LogP contribution in [0.3, 0.4) is 0 Å². The maximum atomic E-state index is 3.54. The minimum atomic E-state index is 0.565. The highest BCUT2D eigenvalue weighted by molar-refractivity contribution is 5.08. The van der Waals surface area contributed by atoms with Gasteiger partial charge in [-0.2, -0.15) is 0 Å². The minimum absolute atomic E-state index is 0.565. The molecule has 0 aromatic rings. The van der Waals surface area contributed by atoms with Crippen molar-refractivity contribution in [2.45, 2.75) is 58.9 Å². The maximum Gasteiger partial charge on any atom is 0.0248 e. The molecule has 0 aromatic carbocycles. The molecule has 1 aliphatic rings. The zero-order valence-corrected chi connectivity index (χ0v) is 9.97. The fourth-order valence-electron chi connectivity index (χ4n) is 2.16. The summed E-state index contributed by atoms with van der Waals surface area (Å²) in [6.07, 6.45) is 9.42. The first-order valence-electron chi connectivity index (χ1n) is 6.15. The Labute approximate surface area is 89.0 Å². The quantitative estimate of drug-likeness (QED) is 0.662. The molecule has 0 aliphatic heterocycles. The molecule has 1 rings (SSSR count). The number of hydrogen-bond acceptors (Lipinski definition) is 1. The van der Waals surface area contributed by atoms with Crippen LogP contribution in [0.5, 0.6) is 0 Å². The number of nitrogens with one attached hydrogen (secondary N) is 1. The van der Waals surface area contributed by atoms with Crippen LogP contribution >= 0.6 is 0 Å². The van der Waals surface area contributed by atoms with Gasteiger partial charge in [-0.05, 0) is 45.6 Å². The Morgan fingerprint density at radius 3 is 2.64 bits per heavy atom. The van der Waals surface area contributed by atoms with E-state index in [2.05, 4.69) is 32.2 Å². The van der Waals surface area contributed by atoms with Crippen LogP contribution < -0.4 is 5.32 Å². The Hall–Kier alpha value is -0.300. The van der Waals surface area contributed by atoms with Crippen molar-refractivity contribution in [1.82, 2.24) is 5.32 Å². The van der Waals surface area contributed by atoms with Crippen molar-refractivity contribution < 1.29 is 0 Å². The van der Waals surface area contributed by atoms with Gasteiger partial charge in [-0.25, -0.2) is 0 Å². The van der Waals surface area contributed by atoms with E-state index in [0.29, 0.717) is 6.04 Å². The summed E-state index contributed by atoms with van der Waals surface area (Å²) < 4.78 is 0. The number of allylic oxidation sites excluding steroid dienone is 1. The Balaban J connectivity index is 2.33. The third-order valence-corrected chi connectivity index (χ3v) is 3.28. The summed E-state index contributed by atoms with van der Waals surface area (Å²) >= 11 is 0. The van der Waals surface area contributed by atoms with E-state index < -0.39 is 0 Å². The van der Waals surface area contributed by atoms with E-state index in [0.717, 1.165) is 12.5 Å².